The van der Waals surface area contributed by atoms with Crippen LogP contribution >= 0.6 is 0 Å². The smallest absolute Gasteiger partial charge is 0.417 e. The van der Waals surface area contributed by atoms with Crippen LogP contribution < -0.4 is 16.4 Å². The van der Waals surface area contributed by atoms with E-state index in [9.17, 15) is 14.4 Å². The fraction of sp³-hybridized carbons (Fsp3) is 0.242. The molecule has 0 fully saturated rings. The number of benzene rings is 2. The quantitative estimate of drug-likeness (QED) is 0.272. The molecule has 0 saturated carbocycles. The van der Waals surface area contributed by atoms with E-state index < -0.39 is 17.6 Å². The van der Waals surface area contributed by atoms with Crippen LogP contribution in [0.5, 0.6) is 0 Å². The molecule has 0 unspecified atom stereocenters. The molecule has 4 N–H and O–H groups in total. The number of nitrogen functional groups attached to an aromatic ring is 1. The maximum atomic E-state index is 13.3. The second-order valence-electron chi connectivity index (χ2n) is 11.4. The molecule has 2 aromatic heterocycles. The number of anilines is 3. The minimum atomic E-state index is -0.727. The summed E-state index contributed by atoms with van der Waals surface area (Å²) in [6.45, 7) is 7.44. The molecular formula is C33H33N7O4. The molecule has 11 heteroatoms. The first-order chi connectivity index (χ1) is 20.9. The standard InChI is InChI=1S/C33H33N7O4/c1-20-9-13-23(14-10-20)36-31(42)37-24-8-6-7-21(17-24)11-12-22-19-35-30(34)38-28(22)27-18-25-26(39(27)5)15-16-40(29(25)41)32(43)44-33(2,3)4/h6-10,13-14,17-19H,15-16H2,1-5H3,(H2,34,35,38)(H2,36,37,42). The van der Waals surface area contributed by atoms with Crippen LogP contribution in [0.1, 0.15) is 53.5 Å². The zero-order valence-corrected chi connectivity index (χ0v) is 25.2. The number of ether oxygens (including phenoxy) is 1. The lowest BCUT2D eigenvalue weighted by atomic mass is 10.1. The van der Waals surface area contributed by atoms with Crippen molar-refractivity contribution in [3.8, 4) is 23.2 Å². The average Bonchev–Trinajstić information content (AvgIpc) is 3.30. The Morgan fingerprint density at radius 2 is 1.75 bits per heavy atom. The minimum absolute atomic E-state index is 0.0530. The van der Waals surface area contributed by atoms with E-state index in [1.807, 2.05) is 48.9 Å². The molecule has 0 bridgehead atoms. The molecule has 4 aromatic rings. The van der Waals surface area contributed by atoms with Gasteiger partial charge in [-0.05, 0) is 64.1 Å². The summed E-state index contributed by atoms with van der Waals surface area (Å²) in [6, 6.07) is 16.0. The number of amides is 4. The van der Waals surface area contributed by atoms with Crippen molar-refractivity contribution < 1.29 is 19.1 Å². The summed E-state index contributed by atoms with van der Waals surface area (Å²) in [5, 5.41) is 5.62. The first-order valence-electron chi connectivity index (χ1n) is 14.0. The summed E-state index contributed by atoms with van der Waals surface area (Å²) in [5.74, 6) is 5.83. The van der Waals surface area contributed by atoms with Gasteiger partial charge in [-0.25, -0.2) is 24.5 Å². The number of fused-ring (bicyclic) bond motifs is 1. The van der Waals surface area contributed by atoms with E-state index >= 15 is 0 Å². The van der Waals surface area contributed by atoms with Gasteiger partial charge in [0.15, 0.2) is 0 Å². The van der Waals surface area contributed by atoms with Gasteiger partial charge in [0.05, 0.1) is 16.8 Å². The highest BCUT2D eigenvalue weighted by atomic mass is 16.6. The summed E-state index contributed by atoms with van der Waals surface area (Å²) in [6.07, 6.45) is 1.30. The van der Waals surface area contributed by atoms with E-state index in [2.05, 4.69) is 32.4 Å². The topological polar surface area (TPSA) is 144 Å². The number of carbonyl (C=O) groups excluding carboxylic acids is 3. The number of urea groups is 1. The highest BCUT2D eigenvalue weighted by molar-refractivity contribution is 6.05. The van der Waals surface area contributed by atoms with Gasteiger partial charge in [-0.1, -0.05) is 35.6 Å². The average molecular weight is 592 g/mol. The fourth-order valence-corrected chi connectivity index (χ4v) is 4.74. The number of aromatic nitrogens is 3. The highest BCUT2D eigenvalue weighted by Crippen LogP contribution is 2.30. The Morgan fingerprint density at radius 3 is 2.48 bits per heavy atom. The largest absolute Gasteiger partial charge is 0.443 e. The highest BCUT2D eigenvalue weighted by Gasteiger charge is 2.35. The summed E-state index contributed by atoms with van der Waals surface area (Å²) < 4.78 is 7.30. The van der Waals surface area contributed by atoms with Crippen LogP contribution in [0.4, 0.5) is 26.9 Å². The predicted octanol–water partition coefficient (Wildman–Crippen LogP) is 5.35. The molecule has 0 atom stereocenters. The second-order valence-corrected chi connectivity index (χ2v) is 11.4. The van der Waals surface area contributed by atoms with Gasteiger partial charge in [0, 0.05) is 48.8 Å². The Bertz CT molecular complexity index is 1830. The van der Waals surface area contributed by atoms with Crippen LogP contribution in [-0.2, 0) is 18.2 Å². The summed E-state index contributed by atoms with van der Waals surface area (Å²) in [4.78, 5) is 48.2. The van der Waals surface area contributed by atoms with Gasteiger partial charge in [-0.3, -0.25) is 4.79 Å². The van der Waals surface area contributed by atoms with E-state index in [4.69, 9.17) is 10.5 Å². The summed E-state index contributed by atoms with van der Waals surface area (Å²) >= 11 is 0. The van der Waals surface area contributed by atoms with E-state index in [-0.39, 0.29) is 18.5 Å². The van der Waals surface area contributed by atoms with E-state index in [1.165, 1.54) is 6.20 Å². The van der Waals surface area contributed by atoms with Gasteiger partial charge >= 0.3 is 12.1 Å². The third-order valence-corrected chi connectivity index (χ3v) is 6.84. The molecule has 3 heterocycles. The monoisotopic (exact) mass is 591 g/mol. The molecular weight excluding hydrogens is 558 g/mol. The van der Waals surface area contributed by atoms with E-state index in [0.29, 0.717) is 45.9 Å². The van der Waals surface area contributed by atoms with Crippen LogP contribution in [0, 0.1) is 18.8 Å². The molecule has 2 aromatic carbocycles. The van der Waals surface area contributed by atoms with Crippen LogP contribution in [-0.4, -0.2) is 49.6 Å². The molecule has 1 aliphatic rings. The zero-order chi connectivity index (χ0) is 31.6. The van der Waals surface area contributed by atoms with Crippen LogP contribution in [0.3, 0.4) is 0 Å². The molecule has 224 valence electrons. The maximum absolute atomic E-state index is 13.3. The van der Waals surface area contributed by atoms with Crippen LogP contribution in [0.15, 0.2) is 60.8 Å². The van der Waals surface area contributed by atoms with Gasteiger partial charge in [-0.2, -0.15) is 0 Å². The number of carbonyl (C=O) groups is 3. The van der Waals surface area contributed by atoms with E-state index in [0.717, 1.165) is 16.2 Å². The molecule has 11 nitrogen and oxygen atoms in total. The maximum Gasteiger partial charge on any atom is 0.417 e. The number of nitrogens with zero attached hydrogens (tertiary/aromatic N) is 4. The van der Waals surface area contributed by atoms with Crippen LogP contribution in [0.25, 0.3) is 11.4 Å². The number of nitrogens with two attached hydrogens (primary N) is 1. The van der Waals surface area contributed by atoms with Crippen molar-refractivity contribution in [3.63, 3.8) is 0 Å². The van der Waals surface area contributed by atoms with Crippen molar-refractivity contribution in [2.45, 2.75) is 39.7 Å². The number of hydrogen-bond acceptors (Lipinski definition) is 7. The number of nitrogens with one attached hydrogen (secondary N) is 2. The lowest BCUT2D eigenvalue weighted by Crippen LogP contribution is -2.44. The Hall–Kier alpha value is -5.63. The lowest BCUT2D eigenvalue weighted by molar-refractivity contribution is 0.0232. The first-order valence-corrected chi connectivity index (χ1v) is 14.0. The summed E-state index contributed by atoms with van der Waals surface area (Å²) in [5.41, 5.74) is 10.9. The van der Waals surface area contributed by atoms with Gasteiger partial charge in [0.2, 0.25) is 5.95 Å². The second kappa shape index (κ2) is 11.9. The fourth-order valence-electron chi connectivity index (χ4n) is 4.74. The SMILES string of the molecule is Cc1ccc(NC(=O)Nc2cccc(C#Cc3cnc(N)nc3-c3cc4c(n3C)CCN(C(=O)OC(C)(C)C)C4=O)c2)cc1. The predicted molar refractivity (Wildman–Crippen MR) is 168 cm³/mol. The Labute approximate surface area is 255 Å². The normalized spacial score (nSPS) is 12.6. The molecule has 0 spiro atoms. The number of aryl methyl sites for hydroxylation is 1. The number of rotatable bonds is 3. The summed E-state index contributed by atoms with van der Waals surface area (Å²) in [7, 11) is 1.83. The number of hydrogen-bond donors (Lipinski definition) is 3. The van der Waals surface area contributed by atoms with Crippen molar-refractivity contribution in [3.05, 3.63) is 88.7 Å². The van der Waals surface area contributed by atoms with Crippen molar-refractivity contribution in [1.82, 2.24) is 19.4 Å². The van der Waals surface area contributed by atoms with Crippen molar-refractivity contribution >= 4 is 35.4 Å². The molecule has 0 aliphatic carbocycles. The number of imide groups is 1. The van der Waals surface area contributed by atoms with E-state index in [1.54, 1.807) is 45.0 Å². The molecule has 0 saturated heterocycles. The molecule has 44 heavy (non-hydrogen) atoms. The lowest BCUT2D eigenvalue weighted by Gasteiger charge is -2.28. The van der Waals surface area contributed by atoms with Crippen LogP contribution in [0.2, 0.25) is 0 Å². The third kappa shape index (κ3) is 6.71. The first kappa shape index (κ1) is 29.8. The molecule has 0 radical (unpaired) electrons. The Kier molecular flexibility index (Phi) is 8.09. The van der Waals surface area contributed by atoms with Gasteiger partial charge in [0.25, 0.3) is 5.91 Å². The third-order valence-electron chi connectivity index (χ3n) is 6.84. The Balaban J connectivity index is 1.39. The van der Waals surface area contributed by atoms with Gasteiger partial charge in [0.1, 0.15) is 11.3 Å². The van der Waals surface area contributed by atoms with Gasteiger partial charge < -0.3 is 25.7 Å². The molecule has 5 rings (SSSR count). The molecule has 4 amide bonds. The molecule has 1 aliphatic heterocycles. The zero-order valence-electron chi connectivity index (χ0n) is 25.2. The van der Waals surface area contributed by atoms with Gasteiger partial charge in [-0.15, -0.1) is 0 Å². The minimum Gasteiger partial charge on any atom is -0.443 e. The van der Waals surface area contributed by atoms with Crippen molar-refractivity contribution in [2.75, 3.05) is 22.9 Å². The Morgan fingerprint density at radius 1 is 1.02 bits per heavy atom. The van der Waals surface area contributed by atoms with Crippen molar-refractivity contribution in [1.29, 1.82) is 0 Å². The van der Waals surface area contributed by atoms with Crippen molar-refractivity contribution in [2.24, 2.45) is 7.05 Å².